The Morgan fingerprint density at radius 1 is 1.18 bits per heavy atom. The van der Waals surface area contributed by atoms with Gasteiger partial charge in [0.2, 0.25) is 11.8 Å². The van der Waals surface area contributed by atoms with Gasteiger partial charge in [-0.3, -0.25) is 9.59 Å². The molecular weight excluding hydrogens is 220 g/mol. The summed E-state index contributed by atoms with van der Waals surface area (Å²) in [6.45, 7) is 2.07. The number of nitrogens with two attached hydrogens (primary N) is 1. The third kappa shape index (κ3) is 9.81. The summed E-state index contributed by atoms with van der Waals surface area (Å²) in [5.74, 6) is -0.953. The summed E-state index contributed by atoms with van der Waals surface area (Å²) in [7, 11) is 0. The van der Waals surface area contributed by atoms with Crippen LogP contribution in [0.2, 0.25) is 0 Å². The fourth-order valence-electron chi connectivity index (χ4n) is 1.47. The van der Waals surface area contributed by atoms with E-state index in [4.69, 9.17) is 10.8 Å². The first-order valence-electron chi connectivity index (χ1n) is 6.32. The van der Waals surface area contributed by atoms with Gasteiger partial charge in [0.1, 0.15) is 6.10 Å². The van der Waals surface area contributed by atoms with Crippen molar-refractivity contribution in [3.8, 4) is 0 Å². The number of aliphatic hydroxyl groups excluding tert-OH is 1. The van der Waals surface area contributed by atoms with Gasteiger partial charge in [-0.1, -0.05) is 39.0 Å². The molecule has 0 heterocycles. The van der Waals surface area contributed by atoms with Crippen LogP contribution in [0.25, 0.3) is 0 Å². The molecule has 2 amide bonds. The van der Waals surface area contributed by atoms with Crippen LogP contribution < -0.4 is 11.1 Å². The van der Waals surface area contributed by atoms with E-state index in [1.165, 1.54) is 19.3 Å². The molecule has 0 aromatic rings. The molecule has 17 heavy (non-hydrogen) atoms. The minimum absolute atomic E-state index is 0.0933. The van der Waals surface area contributed by atoms with Gasteiger partial charge in [-0.05, 0) is 6.42 Å². The number of unbranched alkanes of at least 4 members (excludes halogenated alkanes) is 5. The molecule has 4 N–H and O–H groups in total. The summed E-state index contributed by atoms with van der Waals surface area (Å²) in [5, 5.41) is 11.5. The molecule has 0 rings (SSSR count). The van der Waals surface area contributed by atoms with Crippen LogP contribution in [-0.2, 0) is 9.59 Å². The molecule has 0 fully saturated rings. The summed E-state index contributed by atoms with van der Waals surface area (Å²) in [6, 6.07) is 0. The lowest BCUT2D eigenvalue weighted by atomic mass is 10.1. The van der Waals surface area contributed by atoms with E-state index in [2.05, 4.69) is 12.2 Å². The van der Waals surface area contributed by atoms with E-state index in [1.54, 1.807) is 0 Å². The lowest BCUT2D eigenvalue weighted by Gasteiger charge is -2.08. The molecule has 0 saturated heterocycles. The predicted molar refractivity (Wildman–Crippen MR) is 66.2 cm³/mol. The molecule has 0 aliphatic rings. The monoisotopic (exact) mass is 244 g/mol. The average Bonchev–Trinajstić information content (AvgIpc) is 2.30. The molecule has 1 atom stereocenters. The van der Waals surface area contributed by atoms with Crippen molar-refractivity contribution in [2.75, 3.05) is 6.54 Å². The molecule has 5 heteroatoms. The number of nitrogens with one attached hydrogen (secondary N) is 1. The summed E-state index contributed by atoms with van der Waals surface area (Å²) >= 11 is 0. The molecule has 0 bridgehead atoms. The minimum atomic E-state index is -1.29. The molecule has 0 aromatic heterocycles. The molecular formula is C12H24N2O3. The van der Waals surface area contributed by atoms with Crippen molar-refractivity contribution >= 4 is 11.8 Å². The Labute approximate surface area is 103 Å². The van der Waals surface area contributed by atoms with E-state index in [0.29, 0.717) is 6.42 Å². The topological polar surface area (TPSA) is 92.4 Å². The highest BCUT2D eigenvalue weighted by Gasteiger charge is 2.11. The fourth-order valence-corrected chi connectivity index (χ4v) is 1.47. The van der Waals surface area contributed by atoms with E-state index < -0.39 is 12.0 Å². The second kappa shape index (κ2) is 10.1. The number of amides is 2. The van der Waals surface area contributed by atoms with Gasteiger partial charge < -0.3 is 16.2 Å². The normalized spacial score (nSPS) is 12.1. The number of primary amides is 1. The SMILES string of the molecule is CCCCCCCCC(=O)NCC(O)C(N)=O. The molecule has 1 unspecified atom stereocenters. The third-order valence-corrected chi connectivity index (χ3v) is 2.58. The zero-order chi connectivity index (χ0) is 13.1. The van der Waals surface area contributed by atoms with Crippen LogP contribution in [0.15, 0.2) is 0 Å². The van der Waals surface area contributed by atoms with Crippen LogP contribution in [0.1, 0.15) is 51.9 Å². The number of rotatable bonds is 10. The lowest BCUT2D eigenvalue weighted by molar-refractivity contribution is -0.127. The van der Waals surface area contributed by atoms with E-state index in [1.807, 2.05) is 0 Å². The zero-order valence-electron chi connectivity index (χ0n) is 10.6. The Morgan fingerprint density at radius 2 is 1.76 bits per heavy atom. The maximum atomic E-state index is 11.3. The van der Waals surface area contributed by atoms with Crippen molar-refractivity contribution in [1.29, 1.82) is 0 Å². The van der Waals surface area contributed by atoms with Crippen molar-refractivity contribution in [2.45, 2.75) is 58.0 Å². The Bertz CT molecular complexity index is 232. The molecule has 0 spiro atoms. The summed E-state index contributed by atoms with van der Waals surface area (Å²) < 4.78 is 0. The predicted octanol–water partition coefficient (Wildman–Crippen LogP) is 0.699. The standard InChI is InChI=1S/C12H24N2O3/c1-2-3-4-5-6-7-8-11(16)14-9-10(15)12(13)17/h10,15H,2-9H2,1H3,(H2,13,17)(H,14,16). The largest absolute Gasteiger partial charge is 0.381 e. The zero-order valence-corrected chi connectivity index (χ0v) is 10.6. The lowest BCUT2D eigenvalue weighted by Crippen LogP contribution is -2.39. The highest BCUT2D eigenvalue weighted by Crippen LogP contribution is 2.06. The van der Waals surface area contributed by atoms with Gasteiger partial charge in [-0.2, -0.15) is 0 Å². The van der Waals surface area contributed by atoms with Gasteiger partial charge in [0.05, 0.1) is 6.54 Å². The second-order valence-electron chi connectivity index (χ2n) is 4.24. The van der Waals surface area contributed by atoms with Crippen LogP contribution in [-0.4, -0.2) is 29.6 Å². The van der Waals surface area contributed by atoms with Crippen LogP contribution in [0, 0.1) is 0 Å². The van der Waals surface area contributed by atoms with Crippen molar-refractivity contribution in [3.05, 3.63) is 0 Å². The average molecular weight is 244 g/mol. The number of carbonyl (C=O) groups excluding carboxylic acids is 2. The molecule has 0 saturated carbocycles. The van der Waals surface area contributed by atoms with Crippen LogP contribution in [0.4, 0.5) is 0 Å². The fraction of sp³-hybridized carbons (Fsp3) is 0.833. The van der Waals surface area contributed by atoms with Gasteiger partial charge in [0.25, 0.3) is 0 Å². The van der Waals surface area contributed by atoms with Gasteiger partial charge in [0, 0.05) is 6.42 Å². The highest BCUT2D eigenvalue weighted by atomic mass is 16.3. The van der Waals surface area contributed by atoms with Crippen LogP contribution in [0.5, 0.6) is 0 Å². The van der Waals surface area contributed by atoms with Gasteiger partial charge >= 0.3 is 0 Å². The van der Waals surface area contributed by atoms with Gasteiger partial charge in [-0.15, -0.1) is 0 Å². The summed E-state index contributed by atoms with van der Waals surface area (Å²) in [6.07, 6.45) is 5.89. The van der Waals surface area contributed by atoms with E-state index in [-0.39, 0.29) is 12.5 Å². The summed E-state index contributed by atoms with van der Waals surface area (Å²) in [4.78, 5) is 21.8. The first kappa shape index (κ1) is 15.9. The maximum Gasteiger partial charge on any atom is 0.248 e. The second-order valence-corrected chi connectivity index (χ2v) is 4.24. The number of hydrogen-bond donors (Lipinski definition) is 3. The maximum absolute atomic E-state index is 11.3. The Kier molecular flexibility index (Phi) is 9.43. The first-order chi connectivity index (χ1) is 8.07. The number of carbonyl (C=O) groups is 2. The Morgan fingerprint density at radius 3 is 2.35 bits per heavy atom. The van der Waals surface area contributed by atoms with Crippen molar-refractivity contribution in [1.82, 2.24) is 5.32 Å². The smallest absolute Gasteiger partial charge is 0.248 e. The first-order valence-corrected chi connectivity index (χ1v) is 6.32. The van der Waals surface area contributed by atoms with E-state index in [0.717, 1.165) is 19.3 Å². The van der Waals surface area contributed by atoms with Gasteiger partial charge in [0.15, 0.2) is 0 Å². The Balaban J connectivity index is 3.38. The quantitative estimate of drug-likeness (QED) is 0.494. The molecule has 0 radical (unpaired) electrons. The van der Waals surface area contributed by atoms with Crippen molar-refractivity contribution in [2.24, 2.45) is 5.73 Å². The minimum Gasteiger partial charge on any atom is -0.381 e. The number of hydrogen-bond acceptors (Lipinski definition) is 3. The molecule has 5 nitrogen and oxygen atoms in total. The molecule has 100 valence electrons. The van der Waals surface area contributed by atoms with Crippen molar-refractivity contribution in [3.63, 3.8) is 0 Å². The summed E-state index contributed by atoms with van der Waals surface area (Å²) in [5.41, 5.74) is 4.85. The van der Waals surface area contributed by atoms with E-state index in [9.17, 15) is 9.59 Å². The van der Waals surface area contributed by atoms with Gasteiger partial charge in [-0.25, -0.2) is 0 Å². The molecule has 0 aliphatic heterocycles. The molecule has 0 aromatic carbocycles. The number of aliphatic hydroxyl groups is 1. The molecule has 0 aliphatic carbocycles. The highest BCUT2D eigenvalue weighted by molar-refractivity contribution is 5.80. The third-order valence-electron chi connectivity index (χ3n) is 2.58. The van der Waals surface area contributed by atoms with Crippen molar-refractivity contribution < 1.29 is 14.7 Å². The Hall–Kier alpha value is -1.10. The van der Waals surface area contributed by atoms with Crippen LogP contribution in [0.3, 0.4) is 0 Å². The van der Waals surface area contributed by atoms with E-state index >= 15 is 0 Å². The van der Waals surface area contributed by atoms with Crippen LogP contribution >= 0.6 is 0 Å².